The van der Waals surface area contributed by atoms with Gasteiger partial charge < -0.3 is 19.9 Å². The van der Waals surface area contributed by atoms with Crippen LogP contribution in [0.15, 0.2) is 12.1 Å². The average Bonchev–Trinajstić information content (AvgIpc) is 2.99. The molecule has 1 aliphatic heterocycles. The molecule has 0 unspecified atom stereocenters. The van der Waals surface area contributed by atoms with Crippen LogP contribution < -0.4 is 14.8 Å². The van der Waals surface area contributed by atoms with Gasteiger partial charge >= 0.3 is 0 Å². The molecular formula is C16H24N2O4. The van der Waals surface area contributed by atoms with Gasteiger partial charge in [0, 0.05) is 18.7 Å². The van der Waals surface area contributed by atoms with Gasteiger partial charge in [0.1, 0.15) is 5.75 Å². The van der Waals surface area contributed by atoms with Gasteiger partial charge in [0.15, 0.2) is 11.5 Å². The molecule has 1 aromatic carbocycles. The third-order valence-electron chi connectivity index (χ3n) is 4.13. The Morgan fingerprint density at radius 2 is 2.18 bits per heavy atom. The predicted molar refractivity (Wildman–Crippen MR) is 83.8 cm³/mol. The number of phenolic OH excluding ortho intramolecular Hbond substituents is 1. The van der Waals surface area contributed by atoms with E-state index in [1.54, 1.807) is 6.07 Å². The average molecular weight is 308 g/mol. The van der Waals surface area contributed by atoms with E-state index in [1.807, 2.05) is 0 Å². The Morgan fingerprint density at radius 1 is 1.41 bits per heavy atom. The second-order valence-corrected chi connectivity index (χ2v) is 5.36. The van der Waals surface area contributed by atoms with Crippen molar-refractivity contribution in [3.63, 3.8) is 0 Å². The molecule has 1 amide bonds. The van der Waals surface area contributed by atoms with Gasteiger partial charge in [-0.1, -0.05) is 6.92 Å². The predicted octanol–water partition coefficient (Wildman–Crippen LogP) is 1.62. The number of likely N-dealkylation sites (N-methyl/N-ethyl adjacent to an activating group) is 1. The zero-order valence-corrected chi connectivity index (χ0v) is 13.4. The highest BCUT2D eigenvalue weighted by Crippen LogP contribution is 2.34. The molecule has 0 radical (unpaired) electrons. The highest BCUT2D eigenvalue weighted by molar-refractivity contribution is 5.98. The molecule has 2 rings (SSSR count). The van der Waals surface area contributed by atoms with Crippen LogP contribution in [0, 0.1) is 0 Å². The maximum atomic E-state index is 12.4. The van der Waals surface area contributed by atoms with Gasteiger partial charge in [-0.25, -0.2) is 0 Å². The van der Waals surface area contributed by atoms with Crippen LogP contribution in [0.2, 0.25) is 0 Å². The van der Waals surface area contributed by atoms with Crippen LogP contribution in [0.5, 0.6) is 17.2 Å². The Bertz CT molecular complexity index is 533. The molecule has 1 atom stereocenters. The molecule has 1 aromatic rings. The lowest BCUT2D eigenvalue weighted by Crippen LogP contribution is -2.40. The number of methoxy groups -OCH3 is 2. The summed E-state index contributed by atoms with van der Waals surface area (Å²) in [5, 5.41) is 12.8. The van der Waals surface area contributed by atoms with Crippen LogP contribution in [-0.2, 0) is 0 Å². The van der Waals surface area contributed by atoms with E-state index in [1.165, 1.54) is 20.3 Å². The van der Waals surface area contributed by atoms with Crippen molar-refractivity contribution < 1.29 is 19.4 Å². The lowest BCUT2D eigenvalue weighted by molar-refractivity contribution is 0.0937. The second-order valence-electron chi connectivity index (χ2n) is 5.36. The number of likely N-dealkylation sites (tertiary alicyclic amines) is 1. The molecule has 6 nitrogen and oxygen atoms in total. The summed E-state index contributed by atoms with van der Waals surface area (Å²) in [4.78, 5) is 14.8. The first kappa shape index (κ1) is 16.4. The van der Waals surface area contributed by atoms with E-state index in [9.17, 15) is 9.90 Å². The molecule has 1 fully saturated rings. The number of carbonyl (C=O) groups is 1. The number of benzene rings is 1. The number of aromatic hydroxyl groups is 1. The van der Waals surface area contributed by atoms with Gasteiger partial charge in [-0.2, -0.15) is 0 Å². The maximum absolute atomic E-state index is 12.4. The molecule has 6 heteroatoms. The molecule has 0 saturated carbocycles. The normalized spacial score (nSPS) is 18.2. The van der Waals surface area contributed by atoms with Crippen molar-refractivity contribution in [2.75, 3.05) is 33.9 Å². The van der Waals surface area contributed by atoms with Gasteiger partial charge in [-0.3, -0.25) is 9.69 Å². The first-order valence-corrected chi connectivity index (χ1v) is 7.57. The van der Waals surface area contributed by atoms with E-state index in [2.05, 4.69) is 17.1 Å². The van der Waals surface area contributed by atoms with E-state index in [4.69, 9.17) is 9.47 Å². The van der Waals surface area contributed by atoms with Gasteiger partial charge in [0.2, 0.25) is 0 Å². The molecule has 1 saturated heterocycles. The largest absolute Gasteiger partial charge is 0.504 e. The molecule has 0 aromatic heterocycles. The smallest absolute Gasteiger partial charge is 0.255 e. The summed E-state index contributed by atoms with van der Waals surface area (Å²) in [6, 6.07) is 3.37. The monoisotopic (exact) mass is 308 g/mol. The lowest BCUT2D eigenvalue weighted by atomic mass is 10.1. The van der Waals surface area contributed by atoms with E-state index < -0.39 is 0 Å². The summed E-state index contributed by atoms with van der Waals surface area (Å²) in [6.07, 6.45) is 2.26. The van der Waals surface area contributed by atoms with Crippen molar-refractivity contribution in [2.24, 2.45) is 0 Å². The fourth-order valence-corrected chi connectivity index (χ4v) is 2.94. The Hall–Kier alpha value is -1.95. The molecule has 0 spiro atoms. The Balaban J connectivity index is 2.10. The first-order chi connectivity index (χ1) is 10.6. The Labute approximate surface area is 131 Å². The fourth-order valence-electron chi connectivity index (χ4n) is 2.94. The van der Waals surface area contributed by atoms with E-state index >= 15 is 0 Å². The van der Waals surface area contributed by atoms with Crippen molar-refractivity contribution in [3.05, 3.63) is 17.7 Å². The van der Waals surface area contributed by atoms with Crippen molar-refractivity contribution in [1.29, 1.82) is 0 Å². The summed E-state index contributed by atoms with van der Waals surface area (Å²) in [5.74, 6) is 0.202. The fraction of sp³-hybridized carbons (Fsp3) is 0.562. The van der Waals surface area contributed by atoms with Crippen LogP contribution in [0.1, 0.15) is 30.1 Å². The molecule has 0 aliphatic carbocycles. The minimum Gasteiger partial charge on any atom is -0.504 e. The summed E-state index contributed by atoms with van der Waals surface area (Å²) < 4.78 is 10.2. The van der Waals surface area contributed by atoms with Crippen molar-refractivity contribution >= 4 is 5.91 Å². The van der Waals surface area contributed by atoms with Gasteiger partial charge in [0.05, 0.1) is 19.8 Å². The zero-order valence-electron chi connectivity index (χ0n) is 13.4. The topological polar surface area (TPSA) is 71.0 Å². The number of carbonyl (C=O) groups excluding carboxylic acids is 1. The van der Waals surface area contributed by atoms with Gasteiger partial charge in [0.25, 0.3) is 5.91 Å². The third-order valence-corrected chi connectivity index (χ3v) is 4.13. The number of amides is 1. The summed E-state index contributed by atoms with van der Waals surface area (Å²) in [5.41, 5.74) is 0.278. The highest BCUT2D eigenvalue weighted by Gasteiger charge is 2.24. The highest BCUT2D eigenvalue weighted by atomic mass is 16.5. The van der Waals surface area contributed by atoms with Crippen LogP contribution in [0.25, 0.3) is 0 Å². The van der Waals surface area contributed by atoms with E-state index in [0.717, 1.165) is 25.9 Å². The molecule has 0 bridgehead atoms. The molecule has 2 N–H and O–H groups in total. The van der Waals surface area contributed by atoms with Crippen molar-refractivity contribution in [1.82, 2.24) is 10.2 Å². The Kier molecular flexibility index (Phi) is 5.49. The first-order valence-electron chi connectivity index (χ1n) is 7.57. The number of hydrogen-bond donors (Lipinski definition) is 2. The number of nitrogens with zero attached hydrogens (tertiary/aromatic N) is 1. The minimum atomic E-state index is -0.269. The second kappa shape index (κ2) is 7.35. The Morgan fingerprint density at radius 3 is 2.82 bits per heavy atom. The number of ether oxygens (including phenoxy) is 2. The summed E-state index contributed by atoms with van der Waals surface area (Å²) >= 11 is 0. The molecule has 1 aliphatic rings. The van der Waals surface area contributed by atoms with Crippen LogP contribution in [-0.4, -0.2) is 55.8 Å². The van der Waals surface area contributed by atoms with Crippen LogP contribution in [0.4, 0.5) is 0 Å². The zero-order chi connectivity index (χ0) is 16.1. The van der Waals surface area contributed by atoms with Gasteiger partial charge in [-0.15, -0.1) is 0 Å². The SMILES string of the molecule is CCN1CCC[C@H]1CNC(=O)c1cc(OC)cc(O)c1OC. The molecule has 22 heavy (non-hydrogen) atoms. The van der Waals surface area contributed by atoms with Crippen LogP contribution >= 0.6 is 0 Å². The molecular weight excluding hydrogens is 284 g/mol. The number of rotatable bonds is 6. The standard InChI is InChI=1S/C16H24N2O4/c1-4-18-7-5-6-11(18)10-17-16(20)13-8-12(21-2)9-14(19)15(13)22-3/h8-9,11,19H,4-7,10H2,1-3H3,(H,17,20)/t11-/m0/s1. The van der Waals surface area contributed by atoms with Crippen molar-refractivity contribution in [2.45, 2.75) is 25.8 Å². The number of hydrogen-bond acceptors (Lipinski definition) is 5. The number of phenols is 1. The molecule has 1 heterocycles. The number of nitrogens with one attached hydrogen (secondary N) is 1. The van der Waals surface area contributed by atoms with Crippen LogP contribution in [0.3, 0.4) is 0 Å². The summed E-state index contributed by atoms with van der Waals surface area (Å²) in [6.45, 7) is 4.79. The van der Waals surface area contributed by atoms with E-state index in [-0.39, 0.29) is 23.0 Å². The molecule has 122 valence electrons. The quantitative estimate of drug-likeness (QED) is 0.836. The third kappa shape index (κ3) is 3.44. The summed E-state index contributed by atoms with van der Waals surface area (Å²) in [7, 11) is 2.91. The van der Waals surface area contributed by atoms with Gasteiger partial charge in [-0.05, 0) is 32.0 Å². The lowest BCUT2D eigenvalue weighted by Gasteiger charge is -2.23. The maximum Gasteiger partial charge on any atom is 0.255 e. The van der Waals surface area contributed by atoms with E-state index in [0.29, 0.717) is 18.3 Å². The minimum absolute atomic E-state index is 0.108. The van der Waals surface area contributed by atoms with Crippen molar-refractivity contribution in [3.8, 4) is 17.2 Å².